The Morgan fingerprint density at radius 2 is 1.82 bits per heavy atom. The van der Waals surface area contributed by atoms with E-state index < -0.39 is 20.0 Å². The maximum Gasteiger partial charge on any atom is 0.243 e. The molecule has 0 saturated carbocycles. The maximum atomic E-state index is 12.5. The van der Waals surface area contributed by atoms with Crippen molar-refractivity contribution in [2.75, 3.05) is 27.2 Å². The summed E-state index contributed by atoms with van der Waals surface area (Å²) in [6.45, 7) is 1.12. The Bertz CT molecular complexity index is 723. The van der Waals surface area contributed by atoms with Gasteiger partial charge in [0.1, 0.15) is 9.79 Å². The van der Waals surface area contributed by atoms with Gasteiger partial charge < -0.3 is 5.32 Å². The van der Waals surface area contributed by atoms with Crippen molar-refractivity contribution in [3.63, 3.8) is 0 Å². The molecule has 1 aromatic rings. The monoisotopic (exact) mass is 347 g/mol. The average molecular weight is 347 g/mol. The molecule has 22 heavy (non-hydrogen) atoms. The molecule has 1 saturated heterocycles. The lowest BCUT2D eigenvalue weighted by atomic mass is 10.2. The third-order valence-corrected chi connectivity index (χ3v) is 7.06. The highest BCUT2D eigenvalue weighted by Gasteiger charge is 2.28. The smallest absolute Gasteiger partial charge is 0.243 e. The highest BCUT2D eigenvalue weighted by molar-refractivity contribution is 7.92. The Kier molecular flexibility index (Phi) is 5.23. The maximum absolute atomic E-state index is 12.5. The van der Waals surface area contributed by atoms with E-state index in [1.807, 2.05) is 0 Å². The third kappa shape index (κ3) is 3.66. The topological polar surface area (TPSA) is 95.6 Å². The Morgan fingerprint density at radius 1 is 1.18 bits per heavy atom. The van der Waals surface area contributed by atoms with Gasteiger partial charge in [0.2, 0.25) is 20.0 Å². The van der Waals surface area contributed by atoms with Gasteiger partial charge in [0.25, 0.3) is 0 Å². The summed E-state index contributed by atoms with van der Waals surface area (Å²) in [5, 5.41) is 3.19. The summed E-state index contributed by atoms with van der Waals surface area (Å²) in [5.41, 5.74) is 0. The van der Waals surface area contributed by atoms with E-state index in [9.17, 15) is 16.8 Å². The van der Waals surface area contributed by atoms with Crippen molar-refractivity contribution in [2.45, 2.75) is 28.7 Å². The minimum Gasteiger partial charge on any atom is -0.313 e. The molecular formula is C13H21N3O4S2. The minimum atomic E-state index is -3.89. The summed E-state index contributed by atoms with van der Waals surface area (Å²) in [6, 6.07) is 5.72. The van der Waals surface area contributed by atoms with Crippen molar-refractivity contribution in [3.8, 4) is 0 Å². The Balaban J connectivity index is 2.31. The first-order valence-electron chi connectivity index (χ1n) is 7.00. The fourth-order valence-corrected chi connectivity index (χ4v) is 5.08. The predicted octanol–water partition coefficient (Wildman–Crippen LogP) is -0.0328. The standard InChI is InChI=1S/C13H21N3O4S2/c1-16(2)22(19,20)13-8-4-3-7-12(13)21(17,18)15-10-11-6-5-9-14-11/h3-4,7-8,11,14-15H,5-6,9-10H2,1-2H3. The molecule has 1 heterocycles. The van der Waals surface area contributed by atoms with E-state index >= 15 is 0 Å². The van der Waals surface area contributed by atoms with Crippen LogP contribution in [0.3, 0.4) is 0 Å². The van der Waals surface area contributed by atoms with Crippen LogP contribution in [-0.4, -0.2) is 54.4 Å². The molecule has 0 spiro atoms. The van der Waals surface area contributed by atoms with Gasteiger partial charge in [-0.15, -0.1) is 0 Å². The Labute approximate surface area is 131 Å². The van der Waals surface area contributed by atoms with Crippen molar-refractivity contribution in [1.82, 2.24) is 14.3 Å². The zero-order chi connectivity index (χ0) is 16.4. The number of nitrogens with one attached hydrogen (secondary N) is 2. The van der Waals surface area contributed by atoms with E-state index in [-0.39, 0.29) is 22.4 Å². The van der Waals surface area contributed by atoms with Gasteiger partial charge in [-0.05, 0) is 31.5 Å². The molecule has 1 atom stereocenters. The van der Waals surface area contributed by atoms with Crippen molar-refractivity contribution in [3.05, 3.63) is 24.3 Å². The molecule has 1 aliphatic heterocycles. The molecular weight excluding hydrogens is 326 g/mol. The molecule has 1 unspecified atom stereocenters. The molecule has 2 rings (SSSR count). The second kappa shape index (κ2) is 6.63. The number of hydrogen-bond acceptors (Lipinski definition) is 5. The molecule has 2 N–H and O–H groups in total. The summed E-state index contributed by atoms with van der Waals surface area (Å²) in [5.74, 6) is 0. The van der Waals surface area contributed by atoms with Crippen molar-refractivity contribution < 1.29 is 16.8 Å². The number of benzene rings is 1. The largest absolute Gasteiger partial charge is 0.313 e. The first-order valence-corrected chi connectivity index (χ1v) is 9.92. The molecule has 124 valence electrons. The van der Waals surface area contributed by atoms with Crippen LogP contribution in [0.5, 0.6) is 0 Å². The van der Waals surface area contributed by atoms with Crippen LogP contribution in [0.2, 0.25) is 0 Å². The number of sulfonamides is 2. The summed E-state index contributed by atoms with van der Waals surface area (Å²) in [4.78, 5) is -0.437. The highest BCUT2D eigenvalue weighted by atomic mass is 32.2. The van der Waals surface area contributed by atoms with Crippen LogP contribution in [0.4, 0.5) is 0 Å². The molecule has 1 aliphatic rings. The third-order valence-electron chi connectivity index (χ3n) is 3.58. The SMILES string of the molecule is CN(C)S(=O)(=O)c1ccccc1S(=O)(=O)NCC1CCCN1. The molecule has 0 bridgehead atoms. The second-order valence-electron chi connectivity index (χ2n) is 5.38. The zero-order valence-electron chi connectivity index (χ0n) is 12.6. The van der Waals surface area contributed by atoms with Gasteiger partial charge in [0, 0.05) is 26.7 Å². The van der Waals surface area contributed by atoms with E-state index in [2.05, 4.69) is 10.0 Å². The van der Waals surface area contributed by atoms with E-state index in [0.717, 1.165) is 23.7 Å². The van der Waals surface area contributed by atoms with Crippen LogP contribution in [0.25, 0.3) is 0 Å². The molecule has 0 radical (unpaired) electrons. The quantitative estimate of drug-likeness (QED) is 0.753. The normalized spacial score (nSPS) is 19.7. The number of nitrogens with zero attached hydrogens (tertiary/aromatic N) is 1. The van der Waals surface area contributed by atoms with E-state index in [4.69, 9.17) is 0 Å². The van der Waals surface area contributed by atoms with Gasteiger partial charge in [-0.25, -0.2) is 25.9 Å². The van der Waals surface area contributed by atoms with Crippen LogP contribution in [0.15, 0.2) is 34.1 Å². The lowest BCUT2D eigenvalue weighted by molar-refractivity contribution is 0.515. The first kappa shape index (κ1) is 17.4. The molecule has 1 aromatic carbocycles. The van der Waals surface area contributed by atoms with Gasteiger partial charge in [0.15, 0.2) is 0 Å². The summed E-state index contributed by atoms with van der Waals surface area (Å²) >= 11 is 0. The van der Waals surface area contributed by atoms with E-state index in [0.29, 0.717) is 0 Å². The second-order valence-corrected chi connectivity index (χ2v) is 9.23. The van der Waals surface area contributed by atoms with Gasteiger partial charge in [-0.1, -0.05) is 12.1 Å². The Morgan fingerprint density at radius 3 is 2.36 bits per heavy atom. The van der Waals surface area contributed by atoms with Gasteiger partial charge >= 0.3 is 0 Å². The van der Waals surface area contributed by atoms with Crippen LogP contribution in [0, 0.1) is 0 Å². The summed E-state index contributed by atoms with van der Waals surface area (Å²) in [7, 11) is -4.98. The Hall–Kier alpha value is -1.00. The van der Waals surface area contributed by atoms with Gasteiger partial charge in [-0.3, -0.25) is 0 Å². The van der Waals surface area contributed by atoms with Crippen molar-refractivity contribution in [1.29, 1.82) is 0 Å². The lowest BCUT2D eigenvalue weighted by Gasteiger charge is -2.17. The molecule has 1 fully saturated rings. The number of hydrogen-bond donors (Lipinski definition) is 2. The van der Waals surface area contributed by atoms with Crippen molar-refractivity contribution in [2.24, 2.45) is 0 Å². The number of rotatable bonds is 6. The van der Waals surface area contributed by atoms with Crippen LogP contribution in [0.1, 0.15) is 12.8 Å². The molecule has 9 heteroatoms. The highest BCUT2D eigenvalue weighted by Crippen LogP contribution is 2.22. The molecule has 0 aromatic heterocycles. The first-order chi connectivity index (χ1) is 10.2. The minimum absolute atomic E-state index is 0.0902. The fourth-order valence-electron chi connectivity index (χ4n) is 2.30. The summed E-state index contributed by atoms with van der Waals surface area (Å²) in [6.07, 6.45) is 1.91. The van der Waals surface area contributed by atoms with Crippen molar-refractivity contribution >= 4 is 20.0 Å². The van der Waals surface area contributed by atoms with Crippen LogP contribution < -0.4 is 10.0 Å². The lowest BCUT2D eigenvalue weighted by Crippen LogP contribution is -2.37. The summed E-state index contributed by atoms with van der Waals surface area (Å²) < 4.78 is 53.0. The predicted molar refractivity (Wildman–Crippen MR) is 83.5 cm³/mol. The zero-order valence-corrected chi connectivity index (χ0v) is 14.2. The average Bonchev–Trinajstić information content (AvgIpc) is 2.98. The molecule has 0 aliphatic carbocycles. The van der Waals surface area contributed by atoms with Gasteiger partial charge in [0.05, 0.1) is 0 Å². The van der Waals surface area contributed by atoms with Crippen LogP contribution in [-0.2, 0) is 20.0 Å². The molecule has 0 amide bonds. The van der Waals surface area contributed by atoms with Gasteiger partial charge in [-0.2, -0.15) is 0 Å². The van der Waals surface area contributed by atoms with E-state index in [1.165, 1.54) is 38.4 Å². The fraction of sp³-hybridized carbons (Fsp3) is 0.538. The van der Waals surface area contributed by atoms with E-state index in [1.54, 1.807) is 0 Å². The molecule has 7 nitrogen and oxygen atoms in total. The van der Waals surface area contributed by atoms with Crippen LogP contribution >= 0.6 is 0 Å².